The highest BCUT2D eigenvalue weighted by molar-refractivity contribution is 5.65. The first kappa shape index (κ1) is 10.9. The molecule has 0 bridgehead atoms. The van der Waals surface area contributed by atoms with Crippen molar-refractivity contribution in [1.29, 1.82) is 0 Å². The van der Waals surface area contributed by atoms with E-state index in [2.05, 4.69) is 45.4 Å². The van der Waals surface area contributed by atoms with Crippen molar-refractivity contribution in [1.82, 2.24) is 5.16 Å². The molecule has 1 aromatic heterocycles. The first-order valence-electron chi connectivity index (χ1n) is 5.91. The van der Waals surface area contributed by atoms with Gasteiger partial charge in [0.25, 0.3) is 0 Å². The Labute approximate surface area is 105 Å². The molecule has 0 amide bonds. The van der Waals surface area contributed by atoms with Crippen LogP contribution in [0, 0.1) is 0 Å². The van der Waals surface area contributed by atoms with Gasteiger partial charge in [0.2, 0.25) is 0 Å². The van der Waals surface area contributed by atoms with Gasteiger partial charge in [-0.3, -0.25) is 0 Å². The van der Waals surface area contributed by atoms with E-state index in [1.54, 1.807) is 6.20 Å². The van der Waals surface area contributed by atoms with Gasteiger partial charge in [0.15, 0.2) is 5.42 Å². The fourth-order valence-corrected chi connectivity index (χ4v) is 2.03. The summed E-state index contributed by atoms with van der Waals surface area (Å²) in [5.74, 6) is 0. The standard InChI is InChI=1S/C14H15N3O/c1-16(2)12-3-5-13(6-4-12)17-8-7-14-11(10-17)9-15-18-14/h3-7,9-10H,8H2,1-2H3. The number of anilines is 2. The molecule has 0 spiro atoms. The lowest BCUT2D eigenvalue weighted by molar-refractivity contribution is 0.393. The van der Waals surface area contributed by atoms with E-state index >= 15 is 0 Å². The van der Waals surface area contributed by atoms with Crippen molar-refractivity contribution in [2.45, 2.75) is 0 Å². The molecule has 1 aromatic carbocycles. The maximum atomic E-state index is 5.12. The topological polar surface area (TPSA) is 32.5 Å². The Morgan fingerprint density at radius 1 is 1.22 bits per heavy atom. The maximum Gasteiger partial charge on any atom is 0.166 e. The number of fused-ring (bicyclic) bond motifs is 1. The summed E-state index contributed by atoms with van der Waals surface area (Å²) in [4.78, 5) is 4.27. The molecule has 18 heavy (non-hydrogen) atoms. The molecule has 1 aliphatic heterocycles. The second-order valence-corrected chi connectivity index (χ2v) is 4.54. The molecule has 0 unspecified atom stereocenters. The highest BCUT2D eigenvalue weighted by Gasteiger charge is 2.07. The highest BCUT2D eigenvalue weighted by atomic mass is 16.5. The van der Waals surface area contributed by atoms with Gasteiger partial charge in [0, 0.05) is 38.2 Å². The van der Waals surface area contributed by atoms with Crippen LogP contribution < -0.4 is 20.4 Å². The molecule has 0 atom stereocenters. The lowest BCUT2D eigenvalue weighted by Gasteiger charge is -2.21. The zero-order valence-corrected chi connectivity index (χ0v) is 10.5. The summed E-state index contributed by atoms with van der Waals surface area (Å²) in [5.41, 5.74) is 3.23. The average molecular weight is 241 g/mol. The van der Waals surface area contributed by atoms with Crippen molar-refractivity contribution >= 4 is 23.7 Å². The van der Waals surface area contributed by atoms with Gasteiger partial charge in [-0.2, -0.15) is 0 Å². The Kier molecular flexibility index (Phi) is 2.55. The van der Waals surface area contributed by atoms with Gasteiger partial charge in [-0.05, 0) is 30.3 Å². The normalized spacial score (nSPS) is 13.6. The Morgan fingerprint density at radius 3 is 2.72 bits per heavy atom. The summed E-state index contributed by atoms with van der Waals surface area (Å²) >= 11 is 0. The monoisotopic (exact) mass is 241 g/mol. The largest absolute Gasteiger partial charge is 0.378 e. The van der Waals surface area contributed by atoms with E-state index in [9.17, 15) is 0 Å². The Bertz CT molecular complexity index is 655. The van der Waals surface area contributed by atoms with E-state index in [0.29, 0.717) is 0 Å². The van der Waals surface area contributed by atoms with Crippen molar-refractivity contribution in [3.05, 3.63) is 41.1 Å². The van der Waals surface area contributed by atoms with E-state index in [-0.39, 0.29) is 0 Å². The molecule has 0 radical (unpaired) electrons. The quantitative estimate of drug-likeness (QED) is 0.778. The zero-order valence-electron chi connectivity index (χ0n) is 10.5. The number of nitrogens with zero attached hydrogens (tertiary/aromatic N) is 3. The van der Waals surface area contributed by atoms with Gasteiger partial charge in [0.1, 0.15) is 0 Å². The van der Waals surface area contributed by atoms with Gasteiger partial charge in [0.05, 0.1) is 11.4 Å². The molecule has 92 valence electrons. The van der Waals surface area contributed by atoms with Gasteiger partial charge >= 0.3 is 0 Å². The van der Waals surface area contributed by atoms with E-state index in [0.717, 1.165) is 17.2 Å². The number of aromatic nitrogens is 1. The molecule has 0 aliphatic carbocycles. The van der Waals surface area contributed by atoms with Crippen LogP contribution in [0.15, 0.2) is 35.0 Å². The van der Waals surface area contributed by atoms with Crippen LogP contribution in [0.3, 0.4) is 0 Å². The van der Waals surface area contributed by atoms with Crippen LogP contribution in [0.2, 0.25) is 0 Å². The van der Waals surface area contributed by atoms with Gasteiger partial charge in [-0.1, -0.05) is 5.16 Å². The molecule has 1 aliphatic rings. The SMILES string of the molecule is CN(C)c1ccc(N2C=c3cnoc3=CC2)cc1. The van der Waals surface area contributed by atoms with Gasteiger partial charge in [-0.25, -0.2) is 0 Å². The summed E-state index contributed by atoms with van der Waals surface area (Å²) in [6.45, 7) is 0.809. The van der Waals surface area contributed by atoms with Crippen LogP contribution in [-0.2, 0) is 0 Å². The number of benzene rings is 1. The zero-order chi connectivity index (χ0) is 12.5. The number of hydrogen-bond donors (Lipinski definition) is 0. The molecular formula is C14H15N3O. The molecule has 4 heteroatoms. The van der Waals surface area contributed by atoms with Crippen LogP contribution in [0.4, 0.5) is 11.4 Å². The summed E-state index contributed by atoms with van der Waals surface area (Å²) in [7, 11) is 4.08. The van der Waals surface area contributed by atoms with Gasteiger partial charge in [-0.15, -0.1) is 0 Å². The minimum atomic E-state index is 0.809. The summed E-state index contributed by atoms with van der Waals surface area (Å²) < 4.78 is 5.12. The molecule has 2 aromatic rings. The predicted octanol–water partition coefficient (Wildman–Crippen LogP) is 0.779. The second-order valence-electron chi connectivity index (χ2n) is 4.54. The van der Waals surface area contributed by atoms with E-state index in [1.807, 2.05) is 20.2 Å². The highest BCUT2D eigenvalue weighted by Crippen LogP contribution is 2.20. The molecule has 0 fully saturated rings. The average Bonchev–Trinajstić information content (AvgIpc) is 2.86. The second kappa shape index (κ2) is 4.22. The molecule has 3 rings (SSSR count). The Hall–Kier alpha value is -2.23. The lowest BCUT2D eigenvalue weighted by atomic mass is 10.2. The van der Waals surface area contributed by atoms with Crippen LogP contribution in [-0.4, -0.2) is 25.8 Å². The molecule has 0 saturated heterocycles. The van der Waals surface area contributed by atoms with Crippen molar-refractivity contribution in [2.24, 2.45) is 0 Å². The fourth-order valence-electron chi connectivity index (χ4n) is 2.03. The first-order chi connectivity index (χ1) is 8.74. The van der Waals surface area contributed by atoms with Crippen LogP contribution >= 0.6 is 0 Å². The minimum absolute atomic E-state index is 0.809. The smallest absolute Gasteiger partial charge is 0.166 e. The summed E-state index contributed by atoms with van der Waals surface area (Å²) in [6, 6.07) is 8.48. The van der Waals surface area contributed by atoms with Crippen LogP contribution in [0.5, 0.6) is 0 Å². The van der Waals surface area contributed by atoms with E-state index in [1.165, 1.54) is 11.4 Å². The summed E-state index contributed by atoms with van der Waals surface area (Å²) in [5, 5.41) is 4.82. The van der Waals surface area contributed by atoms with Crippen LogP contribution in [0.25, 0.3) is 12.3 Å². The van der Waals surface area contributed by atoms with Crippen molar-refractivity contribution in [2.75, 3.05) is 30.4 Å². The molecule has 2 heterocycles. The maximum absolute atomic E-state index is 5.12. The van der Waals surface area contributed by atoms with Gasteiger partial charge < -0.3 is 14.3 Å². The van der Waals surface area contributed by atoms with E-state index in [4.69, 9.17) is 4.52 Å². The third-order valence-electron chi connectivity index (χ3n) is 3.09. The number of rotatable bonds is 2. The third kappa shape index (κ3) is 1.86. The van der Waals surface area contributed by atoms with Crippen molar-refractivity contribution in [3.63, 3.8) is 0 Å². The minimum Gasteiger partial charge on any atom is -0.378 e. The molecule has 0 saturated carbocycles. The van der Waals surface area contributed by atoms with Crippen LogP contribution in [0.1, 0.15) is 0 Å². The number of hydrogen-bond acceptors (Lipinski definition) is 4. The summed E-state index contributed by atoms with van der Waals surface area (Å²) in [6.07, 6.45) is 5.85. The predicted molar refractivity (Wildman–Crippen MR) is 72.8 cm³/mol. The van der Waals surface area contributed by atoms with E-state index < -0.39 is 0 Å². The Morgan fingerprint density at radius 2 is 2.00 bits per heavy atom. The van der Waals surface area contributed by atoms with Crippen molar-refractivity contribution in [3.8, 4) is 0 Å². The first-order valence-corrected chi connectivity index (χ1v) is 5.91. The fraction of sp³-hybridized carbons (Fsp3) is 0.214. The molecule has 4 nitrogen and oxygen atoms in total. The van der Waals surface area contributed by atoms with Crippen molar-refractivity contribution < 1.29 is 4.52 Å². The Balaban J connectivity index is 1.93. The molecular weight excluding hydrogens is 226 g/mol. The molecule has 0 N–H and O–H groups in total. The lowest BCUT2D eigenvalue weighted by Crippen LogP contribution is -2.32. The third-order valence-corrected chi connectivity index (χ3v) is 3.09.